The monoisotopic (exact) mass is 351 g/mol. The van der Waals surface area contributed by atoms with E-state index in [1.54, 1.807) is 4.90 Å². The normalized spacial score (nSPS) is 14.2. The molecule has 1 saturated heterocycles. The molecule has 2 aromatic rings. The highest BCUT2D eigenvalue weighted by Crippen LogP contribution is 2.18. The number of carbonyl (C=O) groups is 2. The molecule has 0 saturated carbocycles. The molecule has 2 aromatic carbocycles. The van der Waals surface area contributed by atoms with Crippen molar-refractivity contribution in [3.05, 3.63) is 59.7 Å². The topological polar surface area (TPSA) is 52.7 Å². The highest BCUT2D eigenvalue weighted by atomic mass is 16.2. The predicted molar refractivity (Wildman–Crippen MR) is 104 cm³/mol. The third kappa shape index (κ3) is 4.42. The molecular weight excluding hydrogens is 326 g/mol. The number of benzene rings is 2. The van der Waals surface area contributed by atoms with Crippen LogP contribution in [-0.4, -0.2) is 42.9 Å². The molecule has 0 bridgehead atoms. The number of amides is 2. The fraction of sp³-hybridized carbons (Fsp3) is 0.333. The molecule has 136 valence electrons. The third-order valence-electron chi connectivity index (χ3n) is 4.73. The molecule has 1 heterocycles. The van der Waals surface area contributed by atoms with Gasteiger partial charge in [0.25, 0.3) is 0 Å². The van der Waals surface area contributed by atoms with Crippen molar-refractivity contribution in [1.82, 2.24) is 4.90 Å². The molecule has 0 aromatic heterocycles. The Bertz CT molecular complexity index is 781. The molecule has 5 heteroatoms. The van der Waals surface area contributed by atoms with Gasteiger partial charge in [-0.1, -0.05) is 30.3 Å². The second kappa shape index (κ2) is 8.04. The molecule has 26 heavy (non-hydrogen) atoms. The predicted octanol–water partition coefficient (Wildman–Crippen LogP) is 2.98. The highest BCUT2D eigenvalue weighted by Gasteiger charge is 2.23. The SMILES string of the molecule is Cc1ccc(C)c(NC(=O)CC(=O)N2CCN(c3ccccc3)CC2)c1. The quantitative estimate of drug-likeness (QED) is 0.862. The Balaban J connectivity index is 1.51. The van der Waals surface area contributed by atoms with E-state index < -0.39 is 0 Å². The molecule has 0 atom stereocenters. The molecule has 3 rings (SSSR count). The summed E-state index contributed by atoms with van der Waals surface area (Å²) < 4.78 is 0. The van der Waals surface area contributed by atoms with Gasteiger partial charge < -0.3 is 15.1 Å². The zero-order valence-electron chi connectivity index (χ0n) is 15.4. The van der Waals surface area contributed by atoms with E-state index in [0.29, 0.717) is 13.1 Å². The van der Waals surface area contributed by atoms with E-state index in [4.69, 9.17) is 0 Å². The first-order chi connectivity index (χ1) is 12.5. The van der Waals surface area contributed by atoms with Gasteiger partial charge in [-0.3, -0.25) is 9.59 Å². The zero-order chi connectivity index (χ0) is 18.5. The van der Waals surface area contributed by atoms with Crippen LogP contribution in [0, 0.1) is 13.8 Å². The number of hydrogen-bond donors (Lipinski definition) is 1. The Labute approximate surface area is 154 Å². The van der Waals surface area contributed by atoms with Crippen LogP contribution in [0.2, 0.25) is 0 Å². The number of para-hydroxylation sites is 1. The smallest absolute Gasteiger partial charge is 0.233 e. The summed E-state index contributed by atoms with van der Waals surface area (Å²) in [5.74, 6) is -0.366. The van der Waals surface area contributed by atoms with Gasteiger partial charge in [0.2, 0.25) is 11.8 Å². The fourth-order valence-electron chi connectivity index (χ4n) is 3.17. The van der Waals surface area contributed by atoms with Gasteiger partial charge in [-0.2, -0.15) is 0 Å². The minimum atomic E-state index is -0.255. The van der Waals surface area contributed by atoms with Gasteiger partial charge in [-0.25, -0.2) is 0 Å². The van der Waals surface area contributed by atoms with Gasteiger partial charge >= 0.3 is 0 Å². The minimum Gasteiger partial charge on any atom is -0.368 e. The van der Waals surface area contributed by atoms with Crippen LogP contribution in [0.15, 0.2) is 48.5 Å². The average molecular weight is 351 g/mol. The summed E-state index contributed by atoms with van der Waals surface area (Å²) in [5, 5.41) is 2.86. The van der Waals surface area contributed by atoms with Crippen LogP contribution in [0.4, 0.5) is 11.4 Å². The van der Waals surface area contributed by atoms with Gasteiger partial charge in [0.1, 0.15) is 6.42 Å². The summed E-state index contributed by atoms with van der Waals surface area (Å²) in [6, 6.07) is 16.1. The van der Waals surface area contributed by atoms with E-state index in [0.717, 1.165) is 29.9 Å². The van der Waals surface area contributed by atoms with Crippen LogP contribution in [0.1, 0.15) is 17.5 Å². The second-order valence-electron chi connectivity index (χ2n) is 6.75. The zero-order valence-corrected chi connectivity index (χ0v) is 15.4. The first-order valence-electron chi connectivity index (χ1n) is 8.98. The lowest BCUT2D eigenvalue weighted by atomic mass is 10.1. The van der Waals surface area contributed by atoms with Crippen molar-refractivity contribution in [1.29, 1.82) is 0 Å². The number of anilines is 2. The first-order valence-corrected chi connectivity index (χ1v) is 8.98. The largest absolute Gasteiger partial charge is 0.368 e. The van der Waals surface area contributed by atoms with E-state index in [1.807, 2.05) is 50.2 Å². The minimum absolute atomic E-state index is 0.111. The van der Waals surface area contributed by atoms with Crippen molar-refractivity contribution in [3.63, 3.8) is 0 Å². The second-order valence-corrected chi connectivity index (χ2v) is 6.75. The van der Waals surface area contributed by atoms with Gasteiger partial charge in [0, 0.05) is 37.6 Å². The Morgan fingerprint density at radius 3 is 2.35 bits per heavy atom. The van der Waals surface area contributed by atoms with E-state index in [2.05, 4.69) is 22.3 Å². The Kier molecular flexibility index (Phi) is 5.56. The summed E-state index contributed by atoms with van der Waals surface area (Å²) in [5.41, 5.74) is 4.02. The maximum Gasteiger partial charge on any atom is 0.233 e. The van der Waals surface area contributed by atoms with Crippen LogP contribution in [-0.2, 0) is 9.59 Å². The van der Waals surface area contributed by atoms with Crippen LogP contribution in [0.5, 0.6) is 0 Å². The standard InChI is InChI=1S/C21H25N3O2/c1-16-8-9-17(2)19(14-16)22-20(25)15-21(26)24-12-10-23(11-13-24)18-6-4-3-5-7-18/h3-9,14H,10-13,15H2,1-2H3,(H,22,25). The summed E-state index contributed by atoms with van der Waals surface area (Å²) in [4.78, 5) is 28.7. The molecule has 1 aliphatic rings. The number of carbonyl (C=O) groups excluding carboxylic acids is 2. The highest BCUT2D eigenvalue weighted by molar-refractivity contribution is 6.03. The van der Waals surface area contributed by atoms with Crippen molar-refractivity contribution in [2.75, 3.05) is 36.4 Å². The lowest BCUT2D eigenvalue weighted by Crippen LogP contribution is -2.49. The van der Waals surface area contributed by atoms with E-state index in [1.165, 1.54) is 5.69 Å². The Morgan fingerprint density at radius 2 is 1.65 bits per heavy atom. The van der Waals surface area contributed by atoms with Crippen molar-refractivity contribution in [2.24, 2.45) is 0 Å². The van der Waals surface area contributed by atoms with Crippen molar-refractivity contribution < 1.29 is 9.59 Å². The molecule has 1 fully saturated rings. The lowest BCUT2D eigenvalue weighted by molar-refractivity contribution is -0.134. The fourth-order valence-corrected chi connectivity index (χ4v) is 3.17. The van der Waals surface area contributed by atoms with Crippen LogP contribution in [0.3, 0.4) is 0 Å². The number of nitrogens with zero attached hydrogens (tertiary/aromatic N) is 2. The first kappa shape index (κ1) is 18.0. The molecule has 2 amide bonds. The molecule has 0 aliphatic carbocycles. The van der Waals surface area contributed by atoms with Gasteiger partial charge in [-0.05, 0) is 43.2 Å². The van der Waals surface area contributed by atoms with Gasteiger partial charge in [0.05, 0.1) is 0 Å². The van der Waals surface area contributed by atoms with Crippen LogP contribution < -0.4 is 10.2 Å². The number of rotatable bonds is 4. The van der Waals surface area contributed by atoms with Crippen molar-refractivity contribution in [3.8, 4) is 0 Å². The molecule has 5 nitrogen and oxygen atoms in total. The molecule has 1 aliphatic heterocycles. The summed E-state index contributed by atoms with van der Waals surface area (Å²) in [6.45, 7) is 6.78. The number of piperazine rings is 1. The summed E-state index contributed by atoms with van der Waals surface area (Å²) in [6.07, 6.45) is -0.112. The summed E-state index contributed by atoms with van der Waals surface area (Å²) in [7, 11) is 0. The molecule has 0 spiro atoms. The van der Waals surface area contributed by atoms with E-state index in [9.17, 15) is 9.59 Å². The number of hydrogen-bond acceptors (Lipinski definition) is 3. The Morgan fingerprint density at radius 1 is 0.962 bits per heavy atom. The molecule has 0 unspecified atom stereocenters. The third-order valence-corrected chi connectivity index (χ3v) is 4.73. The molecule has 0 radical (unpaired) electrons. The number of nitrogens with one attached hydrogen (secondary N) is 1. The number of aryl methyl sites for hydroxylation is 2. The Hall–Kier alpha value is -2.82. The van der Waals surface area contributed by atoms with Gasteiger partial charge in [-0.15, -0.1) is 0 Å². The lowest BCUT2D eigenvalue weighted by Gasteiger charge is -2.36. The van der Waals surface area contributed by atoms with E-state index >= 15 is 0 Å². The average Bonchev–Trinajstić information content (AvgIpc) is 2.65. The maximum atomic E-state index is 12.4. The van der Waals surface area contributed by atoms with Crippen molar-refractivity contribution >= 4 is 23.2 Å². The van der Waals surface area contributed by atoms with Crippen LogP contribution in [0.25, 0.3) is 0 Å². The van der Waals surface area contributed by atoms with E-state index in [-0.39, 0.29) is 18.2 Å². The summed E-state index contributed by atoms with van der Waals surface area (Å²) >= 11 is 0. The van der Waals surface area contributed by atoms with Gasteiger partial charge in [0.15, 0.2) is 0 Å². The van der Waals surface area contributed by atoms with Crippen molar-refractivity contribution in [2.45, 2.75) is 20.3 Å². The van der Waals surface area contributed by atoms with Crippen LogP contribution >= 0.6 is 0 Å². The maximum absolute atomic E-state index is 12.4. The molecular formula is C21H25N3O2. The molecule has 1 N–H and O–H groups in total.